The second kappa shape index (κ2) is 2.67. The van der Waals surface area contributed by atoms with Gasteiger partial charge in [-0.15, -0.1) is 0 Å². The molecule has 0 spiro atoms. The molecular formula is C11H11N2. The number of hydrogen-bond acceptors (Lipinski definition) is 2. The number of rotatable bonds is 0. The van der Waals surface area contributed by atoms with Gasteiger partial charge in [-0.25, -0.2) is 0 Å². The Morgan fingerprint density at radius 2 is 2.23 bits per heavy atom. The summed E-state index contributed by atoms with van der Waals surface area (Å²) in [4.78, 5) is 4.15. The fourth-order valence-electron chi connectivity index (χ4n) is 2.31. The first-order chi connectivity index (χ1) is 6.45. The minimum Gasteiger partial charge on any atom is -0.302 e. The predicted molar refractivity (Wildman–Crippen MR) is 52.3 cm³/mol. The van der Waals surface area contributed by atoms with Crippen LogP contribution in [0.1, 0.15) is 0 Å². The van der Waals surface area contributed by atoms with Crippen LogP contribution in [0.2, 0.25) is 0 Å². The summed E-state index contributed by atoms with van der Waals surface area (Å²) in [6, 6.07) is 0.859. The lowest BCUT2D eigenvalue weighted by atomic mass is 9.84. The molecule has 65 valence electrons. The van der Waals surface area contributed by atoms with Gasteiger partial charge in [-0.1, -0.05) is 24.3 Å². The molecule has 0 aromatic rings. The Morgan fingerprint density at radius 1 is 1.23 bits per heavy atom. The molecule has 2 heteroatoms. The molecule has 4 unspecified atom stereocenters. The van der Waals surface area contributed by atoms with Gasteiger partial charge in [-0.05, 0) is 6.08 Å². The van der Waals surface area contributed by atoms with Crippen molar-refractivity contribution in [3.05, 3.63) is 36.6 Å². The zero-order valence-corrected chi connectivity index (χ0v) is 7.22. The van der Waals surface area contributed by atoms with Crippen molar-refractivity contribution < 1.29 is 0 Å². The third-order valence-electron chi connectivity index (χ3n) is 2.95. The Kier molecular flexibility index (Phi) is 1.49. The van der Waals surface area contributed by atoms with Gasteiger partial charge in [0.05, 0.1) is 0 Å². The van der Waals surface area contributed by atoms with Gasteiger partial charge < -0.3 is 5.32 Å². The maximum absolute atomic E-state index is 4.15. The van der Waals surface area contributed by atoms with Gasteiger partial charge >= 0.3 is 0 Å². The summed E-state index contributed by atoms with van der Waals surface area (Å²) in [6.07, 6.45) is 15.8. The van der Waals surface area contributed by atoms with Crippen molar-refractivity contribution in [2.45, 2.75) is 12.1 Å². The van der Waals surface area contributed by atoms with Crippen molar-refractivity contribution in [2.75, 3.05) is 0 Å². The standard InChI is InChI=1S/C11H11N2/c1-2-4-10-8(3-1)9-5-6-12-7-11(9)13-10/h1-2,4-11,13H. The van der Waals surface area contributed by atoms with Gasteiger partial charge in [-0.3, -0.25) is 4.99 Å². The normalized spacial score (nSPS) is 44.9. The average molecular weight is 171 g/mol. The molecule has 1 fully saturated rings. The zero-order chi connectivity index (χ0) is 8.67. The number of allylic oxidation sites excluding steroid dienone is 2. The third kappa shape index (κ3) is 1.02. The van der Waals surface area contributed by atoms with E-state index in [9.17, 15) is 0 Å². The van der Waals surface area contributed by atoms with Crippen LogP contribution in [0.5, 0.6) is 0 Å². The van der Waals surface area contributed by atoms with Crippen LogP contribution >= 0.6 is 0 Å². The highest BCUT2D eigenvalue weighted by Gasteiger charge is 2.39. The molecule has 2 heterocycles. The number of nitrogens with zero attached hydrogens (tertiary/aromatic N) is 1. The highest BCUT2D eigenvalue weighted by atomic mass is 15.0. The third-order valence-corrected chi connectivity index (χ3v) is 2.95. The zero-order valence-electron chi connectivity index (χ0n) is 7.22. The van der Waals surface area contributed by atoms with Crippen LogP contribution in [0, 0.1) is 17.9 Å². The van der Waals surface area contributed by atoms with Gasteiger partial charge in [0, 0.05) is 36.3 Å². The minimum atomic E-state index is 0.406. The van der Waals surface area contributed by atoms with E-state index < -0.39 is 0 Å². The highest BCUT2D eigenvalue weighted by molar-refractivity contribution is 5.68. The Morgan fingerprint density at radius 3 is 3.23 bits per heavy atom. The lowest BCUT2D eigenvalue weighted by molar-refractivity contribution is 0.521. The first-order valence-electron chi connectivity index (χ1n) is 4.67. The lowest BCUT2D eigenvalue weighted by Gasteiger charge is -2.19. The first-order valence-corrected chi connectivity index (χ1v) is 4.67. The van der Waals surface area contributed by atoms with Crippen molar-refractivity contribution in [3.8, 4) is 0 Å². The Balaban J connectivity index is 1.95. The molecule has 4 atom stereocenters. The molecule has 1 N–H and O–H groups in total. The maximum Gasteiger partial charge on any atom is 0.0500 e. The molecule has 0 saturated carbocycles. The van der Waals surface area contributed by atoms with E-state index >= 15 is 0 Å². The Hall–Kier alpha value is -1.15. The average Bonchev–Trinajstić information content (AvgIpc) is 2.56. The summed E-state index contributed by atoms with van der Waals surface area (Å²) >= 11 is 0. The SMILES string of the molecule is [C]1=CC=CC2NC3C=NC=CC3C12. The molecular weight excluding hydrogens is 160 g/mol. The van der Waals surface area contributed by atoms with Crippen LogP contribution in [-0.2, 0) is 0 Å². The van der Waals surface area contributed by atoms with Crippen LogP contribution in [0.15, 0.2) is 35.5 Å². The fourth-order valence-corrected chi connectivity index (χ4v) is 2.31. The number of nitrogens with one attached hydrogen (secondary N) is 1. The molecule has 13 heavy (non-hydrogen) atoms. The van der Waals surface area contributed by atoms with E-state index in [0.29, 0.717) is 23.9 Å². The summed E-state index contributed by atoms with van der Waals surface area (Å²) in [5.41, 5.74) is 0. The van der Waals surface area contributed by atoms with Crippen LogP contribution in [0.3, 0.4) is 0 Å². The van der Waals surface area contributed by atoms with E-state index in [-0.39, 0.29) is 0 Å². The molecule has 1 aliphatic carbocycles. The Bertz CT molecular complexity index is 293. The van der Waals surface area contributed by atoms with E-state index in [4.69, 9.17) is 0 Å². The first kappa shape index (κ1) is 7.27. The van der Waals surface area contributed by atoms with E-state index in [1.807, 2.05) is 18.5 Å². The van der Waals surface area contributed by atoms with Crippen LogP contribution in [0.4, 0.5) is 0 Å². The van der Waals surface area contributed by atoms with E-state index in [1.165, 1.54) is 0 Å². The topological polar surface area (TPSA) is 24.4 Å². The van der Waals surface area contributed by atoms with E-state index in [1.54, 1.807) is 0 Å². The lowest BCUT2D eigenvalue weighted by Crippen LogP contribution is -2.32. The van der Waals surface area contributed by atoms with Gasteiger partial charge in [0.1, 0.15) is 0 Å². The van der Waals surface area contributed by atoms with Crippen LogP contribution in [0.25, 0.3) is 0 Å². The van der Waals surface area contributed by atoms with Crippen LogP contribution < -0.4 is 5.32 Å². The number of aliphatic imine (C=N–C) groups is 1. The molecule has 0 bridgehead atoms. The van der Waals surface area contributed by atoms with Crippen molar-refractivity contribution in [3.63, 3.8) is 0 Å². The van der Waals surface area contributed by atoms with E-state index in [2.05, 4.69) is 34.6 Å². The molecule has 3 aliphatic rings. The summed E-state index contributed by atoms with van der Waals surface area (Å²) in [5, 5.41) is 3.52. The highest BCUT2D eigenvalue weighted by Crippen LogP contribution is 2.32. The molecule has 1 radical (unpaired) electrons. The molecule has 2 aliphatic heterocycles. The molecule has 0 aromatic heterocycles. The van der Waals surface area contributed by atoms with Gasteiger partial charge in [0.25, 0.3) is 0 Å². The van der Waals surface area contributed by atoms with Gasteiger partial charge in [0.2, 0.25) is 0 Å². The maximum atomic E-state index is 4.15. The monoisotopic (exact) mass is 171 g/mol. The second-order valence-corrected chi connectivity index (χ2v) is 3.68. The second-order valence-electron chi connectivity index (χ2n) is 3.68. The largest absolute Gasteiger partial charge is 0.302 e. The quantitative estimate of drug-likeness (QED) is 0.579. The van der Waals surface area contributed by atoms with Gasteiger partial charge in [-0.2, -0.15) is 0 Å². The molecule has 0 amide bonds. The van der Waals surface area contributed by atoms with Crippen molar-refractivity contribution in [1.29, 1.82) is 0 Å². The van der Waals surface area contributed by atoms with Crippen molar-refractivity contribution >= 4 is 6.21 Å². The number of fused-ring (bicyclic) bond motifs is 3. The summed E-state index contributed by atoms with van der Waals surface area (Å²) in [7, 11) is 0. The molecule has 2 nitrogen and oxygen atoms in total. The summed E-state index contributed by atoms with van der Waals surface area (Å²) in [5.74, 6) is 1.04. The van der Waals surface area contributed by atoms with Crippen molar-refractivity contribution in [2.24, 2.45) is 16.8 Å². The number of hydrogen-bond donors (Lipinski definition) is 1. The summed E-state index contributed by atoms with van der Waals surface area (Å²) < 4.78 is 0. The minimum absolute atomic E-state index is 0.406. The molecule has 1 saturated heterocycles. The molecule has 3 rings (SSSR count). The van der Waals surface area contributed by atoms with Crippen molar-refractivity contribution in [1.82, 2.24) is 5.32 Å². The Labute approximate surface area is 77.7 Å². The van der Waals surface area contributed by atoms with Gasteiger partial charge in [0.15, 0.2) is 0 Å². The molecule has 0 aromatic carbocycles. The fraction of sp³-hybridized carbons (Fsp3) is 0.364. The summed E-state index contributed by atoms with van der Waals surface area (Å²) in [6.45, 7) is 0. The van der Waals surface area contributed by atoms with Crippen LogP contribution in [-0.4, -0.2) is 18.3 Å². The predicted octanol–water partition coefficient (Wildman–Crippen LogP) is 1.09. The van der Waals surface area contributed by atoms with E-state index in [0.717, 1.165) is 0 Å². The smallest absolute Gasteiger partial charge is 0.0500 e.